The van der Waals surface area contributed by atoms with Gasteiger partial charge in [0.15, 0.2) is 4.77 Å². The van der Waals surface area contributed by atoms with Gasteiger partial charge in [-0.25, -0.2) is 0 Å². The summed E-state index contributed by atoms with van der Waals surface area (Å²) in [5, 5.41) is 0. The highest BCUT2D eigenvalue weighted by atomic mass is 32.1. The topological polar surface area (TPSA) is 20.7 Å². The average Bonchev–Trinajstić information content (AvgIpc) is 2.72. The third kappa shape index (κ3) is 3.48. The first-order chi connectivity index (χ1) is 9.84. The third-order valence-corrected chi connectivity index (χ3v) is 4.01. The smallest absolute Gasteiger partial charge is 0.331 e. The zero-order valence-corrected chi connectivity index (χ0v) is 12.9. The summed E-state index contributed by atoms with van der Waals surface area (Å²) < 4.78 is 40.6. The SMILES string of the molecule is CCCCCC(C)n1c(=S)[nH]c2cc(C(F)(F)F)ccc21. The summed E-state index contributed by atoms with van der Waals surface area (Å²) in [5.41, 5.74) is 0.520. The predicted octanol–water partition coefficient (Wildman–Crippen LogP) is 5.86. The Morgan fingerprint density at radius 2 is 2.00 bits per heavy atom. The second-order valence-electron chi connectivity index (χ2n) is 5.37. The Balaban J connectivity index is 2.37. The Kier molecular flexibility index (Phi) is 4.76. The molecule has 0 aliphatic heterocycles. The van der Waals surface area contributed by atoms with Gasteiger partial charge in [0, 0.05) is 6.04 Å². The monoisotopic (exact) mass is 316 g/mol. The largest absolute Gasteiger partial charge is 0.416 e. The van der Waals surface area contributed by atoms with Crippen molar-refractivity contribution in [3.8, 4) is 0 Å². The summed E-state index contributed by atoms with van der Waals surface area (Å²) in [6.45, 7) is 4.19. The summed E-state index contributed by atoms with van der Waals surface area (Å²) in [7, 11) is 0. The molecule has 1 unspecified atom stereocenters. The number of hydrogen-bond acceptors (Lipinski definition) is 1. The van der Waals surface area contributed by atoms with Crippen LogP contribution in [0.25, 0.3) is 11.0 Å². The summed E-state index contributed by atoms with van der Waals surface area (Å²) >= 11 is 5.27. The molecule has 116 valence electrons. The lowest BCUT2D eigenvalue weighted by Gasteiger charge is -2.14. The first-order valence-electron chi connectivity index (χ1n) is 7.16. The lowest BCUT2D eigenvalue weighted by Crippen LogP contribution is -2.06. The number of unbranched alkanes of at least 4 members (excludes halogenated alkanes) is 2. The Hall–Kier alpha value is -1.30. The van der Waals surface area contributed by atoms with Gasteiger partial charge in [0.2, 0.25) is 0 Å². The van der Waals surface area contributed by atoms with E-state index in [0.717, 1.165) is 43.3 Å². The van der Waals surface area contributed by atoms with Crippen LogP contribution in [-0.2, 0) is 6.18 Å². The molecule has 6 heteroatoms. The minimum atomic E-state index is -4.33. The Morgan fingerprint density at radius 1 is 1.29 bits per heavy atom. The lowest BCUT2D eigenvalue weighted by atomic mass is 10.1. The molecule has 0 amide bonds. The molecule has 0 saturated heterocycles. The van der Waals surface area contributed by atoms with Gasteiger partial charge in [0.1, 0.15) is 0 Å². The minimum absolute atomic E-state index is 0.175. The number of hydrogen-bond donors (Lipinski definition) is 1. The van der Waals surface area contributed by atoms with Crippen molar-refractivity contribution in [2.24, 2.45) is 0 Å². The molecule has 0 aliphatic carbocycles. The molecule has 1 N–H and O–H groups in total. The number of nitrogens with zero attached hydrogens (tertiary/aromatic N) is 1. The van der Waals surface area contributed by atoms with Crippen molar-refractivity contribution in [2.45, 2.75) is 51.7 Å². The van der Waals surface area contributed by atoms with E-state index in [1.165, 1.54) is 6.07 Å². The molecule has 0 fully saturated rings. The molecule has 0 aliphatic rings. The molecular weight excluding hydrogens is 297 g/mol. The van der Waals surface area contributed by atoms with Crippen molar-refractivity contribution >= 4 is 23.3 Å². The molecular formula is C15H19F3N2S. The second-order valence-corrected chi connectivity index (χ2v) is 5.76. The molecule has 1 heterocycles. The summed E-state index contributed by atoms with van der Waals surface area (Å²) in [5.74, 6) is 0. The van der Waals surface area contributed by atoms with E-state index in [9.17, 15) is 13.2 Å². The van der Waals surface area contributed by atoms with Crippen LogP contribution in [-0.4, -0.2) is 9.55 Å². The number of H-pyrrole nitrogens is 1. The Bertz CT molecular complexity index is 670. The van der Waals surface area contributed by atoms with Crippen molar-refractivity contribution in [1.82, 2.24) is 9.55 Å². The fourth-order valence-electron chi connectivity index (χ4n) is 2.56. The van der Waals surface area contributed by atoms with Gasteiger partial charge in [-0.3, -0.25) is 0 Å². The number of benzene rings is 1. The maximum Gasteiger partial charge on any atom is 0.416 e. The number of alkyl halides is 3. The van der Waals surface area contributed by atoms with Gasteiger partial charge in [-0.2, -0.15) is 13.2 Å². The molecule has 21 heavy (non-hydrogen) atoms. The van der Waals surface area contributed by atoms with Crippen LogP contribution in [0.2, 0.25) is 0 Å². The van der Waals surface area contributed by atoms with E-state index in [-0.39, 0.29) is 6.04 Å². The highest BCUT2D eigenvalue weighted by Gasteiger charge is 2.30. The number of rotatable bonds is 5. The summed E-state index contributed by atoms with van der Waals surface area (Å²) in [6.07, 6.45) is 0.0144. The van der Waals surface area contributed by atoms with Gasteiger partial charge in [-0.1, -0.05) is 26.2 Å². The summed E-state index contributed by atoms with van der Waals surface area (Å²) in [6, 6.07) is 3.91. The molecule has 1 aromatic carbocycles. The van der Waals surface area contributed by atoms with Crippen LogP contribution in [0.15, 0.2) is 18.2 Å². The van der Waals surface area contributed by atoms with Gasteiger partial charge >= 0.3 is 6.18 Å². The molecule has 1 aromatic heterocycles. The normalized spacial score (nSPS) is 13.8. The minimum Gasteiger partial charge on any atom is -0.331 e. The van der Waals surface area contributed by atoms with E-state index in [2.05, 4.69) is 18.8 Å². The van der Waals surface area contributed by atoms with E-state index in [1.807, 2.05) is 4.57 Å². The van der Waals surface area contributed by atoms with Crippen LogP contribution >= 0.6 is 12.2 Å². The van der Waals surface area contributed by atoms with Crippen LogP contribution in [0.4, 0.5) is 13.2 Å². The van der Waals surface area contributed by atoms with Crippen LogP contribution in [0, 0.1) is 4.77 Å². The molecule has 0 radical (unpaired) electrons. The lowest BCUT2D eigenvalue weighted by molar-refractivity contribution is -0.137. The number of aromatic amines is 1. The molecule has 0 saturated carbocycles. The standard InChI is InChI=1S/C15H19F3N2S/c1-3-4-5-6-10(2)20-13-8-7-11(15(16,17)18)9-12(13)19-14(20)21/h7-10H,3-6H2,1-2H3,(H,19,21). The zero-order chi connectivity index (χ0) is 15.6. The molecule has 1 atom stereocenters. The van der Waals surface area contributed by atoms with Crippen LogP contribution < -0.4 is 0 Å². The Labute approximate surface area is 127 Å². The van der Waals surface area contributed by atoms with Gasteiger partial charge in [0.05, 0.1) is 16.6 Å². The van der Waals surface area contributed by atoms with Crippen molar-refractivity contribution in [1.29, 1.82) is 0 Å². The number of aromatic nitrogens is 2. The van der Waals surface area contributed by atoms with Crippen LogP contribution in [0.3, 0.4) is 0 Å². The van der Waals surface area contributed by atoms with Crippen molar-refractivity contribution in [3.05, 3.63) is 28.5 Å². The first kappa shape index (κ1) is 16.1. The van der Waals surface area contributed by atoms with E-state index in [0.29, 0.717) is 10.3 Å². The number of halogens is 3. The van der Waals surface area contributed by atoms with E-state index >= 15 is 0 Å². The van der Waals surface area contributed by atoms with Gasteiger partial charge in [0.25, 0.3) is 0 Å². The third-order valence-electron chi connectivity index (χ3n) is 3.71. The van der Waals surface area contributed by atoms with E-state index in [4.69, 9.17) is 12.2 Å². The summed E-state index contributed by atoms with van der Waals surface area (Å²) in [4.78, 5) is 2.89. The van der Waals surface area contributed by atoms with Crippen LogP contribution in [0.1, 0.15) is 51.1 Å². The molecule has 2 rings (SSSR count). The van der Waals surface area contributed by atoms with Gasteiger partial charge in [-0.15, -0.1) is 0 Å². The molecule has 0 bridgehead atoms. The molecule has 2 nitrogen and oxygen atoms in total. The maximum atomic E-state index is 12.7. The number of fused-ring (bicyclic) bond motifs is 1. The van der Waals surface area contributed by atoms with Crippen molar-refractivity contribution in [2.75, 3.05) is 0 Å². The Morgan fingerprint density at radius 3 is 2.62 bits per heavy atom. The van der Waals surface area contributed by atoms with Crippen molar-refractivity contribution < 1.29 is 13.2 Å². The number of imidazole rings is 1. The van der Waals surface area contributed by atoms with E-state index in [1.54, 1.807) is 0 Å². The van der Waals surface area contributed by atoms with Gasteiger partial charge in [-0.05, 0) is 43.8 Å². The van der Waals surface area contributed by atoms with Crippen molar-refractivity contribution in [3.63, 3.8) is 0 Å². The highest BCUT2D eigenvalue weighted by molar-refractivity contribution is 7.71. The fraction of sp³-hybridized carbons (Fsp3) is 0.533. The van der Waals surface area contributed by atoms with Crippen LogP contribution in [0.5, 0.6) is 0 Å². The predicted molar refractivity (Wildman–Crippen MR) is 81.0 cm³/mol. The second kappa shape index (κ2) is 6.22. The molecule has 0 spiro atoms. The van der Waals surface area contributed by atoms with Gasteiger partial charge < -0.3 is 9.55 Å². The maximum absolute atomic E-state index is 12.7. The number of nitrogens with one attached hydrogen (secondary N) is 1. The quantitative estimate of drug-likeness (QED) is 0.541. The highest BCUT2D eigenvalue weighted by Crippen LogP contribution is 2.32. The zero-order valence-electron chi connectivity index (χ0n) is 12.1. The molecule has 2 aromatic rings. The fourth-order valence-corrected chi connectivity index (χ4v) is 2.95. The first-order valence-corrected chi connectivity index (χ1v) is 7.57. The average molecular weight is 316 g/mol. The van der Waals surface area contributed by atoms with E-state index < -0.39 is 11.7 Å².